The van der Waals surface area contributed by atoms with Crippen LogP contribution < -0.4 is 15.9 Å². The number of nitrogens with one attached hydrogen (secondary N) is 1. The van der Waals surface area contributed by atoms with Crippen LogP contribution in [0.15, 0.2) is 18.2 Å². The summed E-state index contributed by atoms with van der Waals surface area (Å²) in [4.78, 5) is 15.9. The minimum absolute atomic E-state index is 0.297. The summed E-state index contributed by atoms with van der Waals surface area (Å²) in [5, 5.41) is 15.2. The van der Waals surface area contributed by atoms with Gasteiger partial charge in [0, 0.05) is 12.1 Å². The highest BCUT2D eigenvalue weighted by Crippen LogP contribution is 2.27. The molecule has 1 aromatic carbocycles. The molecule has 0 unspecified atom stereocenters. The number of carbonyl (C=O) groups is 1. The molecular weight excluding hydrogens is 248 g/mol. The van der Waals surface area contributed by atoms with E-state index in [-0.39, 0.29) is 0 Å². The Kier molecular flexibility index (Phi) is 4.59. The standard InChI is InChI=1S/C13H18N2O4/c14-13(16)11-7-6-10(18-19-17)8-12(11)15-9-4-2-1-3-5-9/h6-9,15,17H,1-5H2,(H2,14,16). The second-order valence-corrected chi connectivity index (χ2v) is 4.71. The van der Waals surface area contributed by atoms with Crippen molar-refractivity contribution in [2.45, 2.75) is 38.1 Å². The van der Waals surface area contributed by atoms with Crippen LogP contribution in [0.5, 0.6) is 5.75 Å². The molecule has 6 nitrogen and oxygen atoms in total. The van der Waals surface area contributed by atoms with Crippen LogP contribution in [-0.4, -0.2) is 17.2 Å². The molecular formula is C13H18N2O4. The van der Waals surface area contributed by atoms with Crippen molar-refractivity contribution < 1.29 is 20.0 Å². The van der Waals surface area contributed by atoms with Gasteiger partial charge in [0.2, 0.25) is 0 Å². The minimum atomic E-state index is -0.505. The summed E-state index contributed by atoms with van der Waals surface area (Å²) in [6.07, 6.45) is 5.75. The third-order valence-electron chi connectivity index (χ3n) is 3.35. The highest BCUT2D eigenvalue weighted by Gasteiger charge is 2.17. The van der Waals surface area contributed by atoms with Crippen molar-refractivity contribution in [3.63, 3.8) is 0 Å². The first-order chi connectivity index (χ1) is 9.20. The van der Waals surface area contributed by atoms with Crippen molar-refractivity contribution in [3.8, 4) is 5.75 Å². The van der Waals surface area contributed by atoms with Crippen molar-refractivity contribution >= 4 is 11.6 Å². The maximum atomic E-state index is 11.4. The van der Waals surface area contributed by atoms with Crippen LogP contribution in [0, 0.1) is 0 Å². The largest absolute Gasteiger partial charge is 0.382 e. The predicted molar refractivity (Wildman–Crippen MR) is 69.8 cm³/mol. The molecule has 1 saturated carbocycles. The fourth-order valence-corrected chi connectivity index (χ4v) is 2.42. The zero-order chi connectivity index (χ0) is 13.7. The van der Waals surface area contributed by atoms with Gasteiger partial charge >= 0.3 is 0 Å². The van der Waals surface area contributed by atoms with Crippen molar-refractivity contribution in [1.82, 2.24) is 0 Å². The average Bonchev–Trinajstić information content (AvgIpc) is 2.40. The quantitative estimate of drug-likeness (QED) is 0.561. The molecule has 0 spiro atoms. The van der Waals surface area contributed by atoms with Gasteiger partial charge in [-0.1, -0.05) is 19.3 Å². The molecule has 0 heterocycles. The maximum Gasteiger partial charge on any atom is 0.250 e. The van der Waals surface area contributed by atoms with Crippen molar-refractivity contribution in [1.29, 1.82) is 0 Å². The molecule has 4 N–H and O–H groups in total. The molecule has 0 aromatic heterocycles. The number of primary amides is 1. The van der Waals surface area contributed by atoms with Gasteiger partial charge in [-0.25, -0.2) is 5.26 Å². The molecule has 1 aliphatic carbocycles. The van der Waals surface area contributed by atoms with Crippen LogP contribution >= 0.6 is 0 Å². The van der Waals surface area contributed by atoms with Crippen LogP contribution in [0.1, 0.15) is 42.5 Å². The monoisotopic (exact) mass is 266 g/mol. The highest BCUT2D eigenvalue weighted by molar-refractivity contribution is 5.98. The Morgan fingerprint density at radius 1 is 1.32 bits per heavy atom. The Bertz CT molecular complexity index is 444. The first kappa shape index (κ1) is 13.6. The fraction of sp³-hybridized carbons (Fsp3) is 0.462. The zero-order valence-electron chi connectivity index (χ0n) is 10.6. The smallest absolute Gasteiger partial charge is 0.250 e. The van der Waals surface area contributed by atoms with E-state index in [1.165, 1.54) is 25.3 Å². The number of benzene rings is 1. The number of nitrogens with two attached hydrogens (primary N) is 1. The van der Waals surface area contributed by atoms with Gasteiger partial charge in [-0.2, -0.15) is 0 Å². The summed E-state index contributed by atoms with van der Waals surface area (Å²) in [6.45, 7) is 0. The lowest BCUT2D eigenvalue weighted by Crippen LogP contribution is -2.24. The second-order valence-electron chi connectivity index (χ2n) is 4.71. The first-order valence-corrected chi connectivity index (χ1v) is 6.39. The van der Waals surface area contributed by atoms with Crippen LogP contribution in [0.3, 0.4) is 0 Å². The summed E-state index contributed by atoms with van der Waals surface area (Å²) >= 11 is 0. The molecule has 0 atom stereocenters. The average molecular weight is 266 g/mol. The van der Waals surface area contributed by atoms with E-state index in [1.807, 2.05) is 0 Å². The van der Waals surface area contributed by atoms with E-state index in [2.05, 4.69) is 15.2 Å². The predicted octanol–water partition coefficient (Wildman–Crippen LogP) is 2.31. The normalized spacial score (nSPS) is 16.1. The Morgan fingerprint density at radius 3 is 2.68 bits per heavy atom. The van der Waals surface area contributed by atoms with Gasteiger partial charge in [-0.15, -0.1) is 0 Å². The van der Waals surface area contributed by atoms with E-state index in [1.54, 1.807) is 12.1 Å². The molecule has 1 fully saturated rings. The molecule has 19 heavy (non-hydrogen) atoms. The lowest BCUT2D eigenvalue weighted by molar-refractivity contribution is -0.438. The van der Waals surface area contributed by atoms with Crippen molar-refractivity contribution in [2.24, 2.45) is 5.73 Å². The third-order valence-corrected chi connectivity index (χ3v) is 3.35. The van der Waals surface area contributed by atoms with Gasteiger partial charge in [0.05, 0.1) is 11.3 Å². The molecule has 6 heteroatoms. The summed E-state index contributed by atoms with van der Waals surface area (Å²) in [5.74, 6) is -0.208. The summed E-state index contributed by atoms with van der Waals surface area (Å²) in [6, 6.07) is 4.96. The molecule has 1 aliphatic rings. The van der Waals surface area contributed by atoms with Crippen molar-refractivity contribution in [3.05, 3.63) is 23.8 Å². The molecule has 0 aliphatic heterocycles. The lowest BCUT2D eigenvalue weighted by Gasteiger charge is -2.24. The van der Waals surface area contributed by atoms with Gasteiger partial charge in [0.25, 0.3) is 5.91 Å². The molecule has 2 rings (SSSR count). The molecule has 0 saturated heterocycles. The summed E-state index contributed by atoms with van der Waals surface area (Å²) in [5.41, 5.74) is 6.35. The Hall–Kier alpha value is -1.79. The van der Waals surface area contributed by atoms with Gasteiger partial charge in [-0.05, 0) is 30.0 Å². The number of hydrogen-bond acceptors (Lipinski definition) is 5. The summed E-state index contributed by atoms with van der Waals surface area (Å²) in [7, 11) is 0. The first-order valence-electron chi connectivity index (χ1n) is 6.39. The molecule has 0 bridgehead atoms. The number of amides is 1. The zero-order valence-corrected chi connectivity index (χ0v) is 10.6. The minimum Gasteiger partial charge on any atom is -0.382 e. The van der Waals surface area contributed by atoms with E-state index < -0.39 is 5.91 Å². The molecule has 1 amide bonds. The number of carbonyl (C=O) groups excluding carboxylic acids is 1. The van der Waals surface area contributed by atoms with E-state index in [0.717, 1.165) is 12.8 Å². The number of anilines is 1. The molecule has 0 radical (unpaired) electrons. The SMILES string of the molecule is NC(=O)c1ccc(OOO)cc1NC1CCCCC1. The second kappa shape index (κ2) is 6.40. The van der Waals surface area contributed by atoms with Gasteiger partial charge in [-0.3, -0.25) is 4.79 Å². The highest BCUT2D eigenvalue weighted by atomic mass is 17.5. The maximum absolute atomic E-state index is 11.4. The Balaban J connectivity index is 2.18. The van der Waals surface area contributed by atoms with E-state index in [4.69, 9.17) is 11.0 Å². The summed E-state index contributed by atoms with van der Waals surface area (Å²) < 4.78 is 0. The fourth-order valence-electron chi connectivity index (χ4n) is 2.42. The number of rotatable bonds is 5. The molecule has 104 valence electrons. The lowest BCUT2D eigenvalue weighted by atomic mass is 9.95. The van der Waals surface area contributed by atoms with Gasteiger partial charge in [0.15, 0.2) is 5.75 Å². The van der Waals surface area contributed by atoms with Crippen molar-refractivity contribution in [2.75, 3.05) is 5.32 Å². The Labute approximate surface area is 111 Å². The van der Waals surface area contributed by atoms with Gasteiger partial charge in [0.1, 0.15) is 0 Å². The van der Waals surface area contributed by atoms with E-state index in [9.17, 15) is 4.79 Å². The van der Waals surface area contributed by atoms with E-state index in [0.29, 0.717) is 23.0 Å². The van der Waals surface area contributed by atoms with Crippen LogP contribution in [-0.2, 0) is 5.04 Å². The Morgan fingerprint density at radius 2 is 2.05 bits per heavy atom. The van der Waals surface area contributed by atoms with E-state index >= 15 is 0 Å². The number of hydrogen-bond donors (Lipinski definition) is 3. The van der Waals surface area contributed by atoms with Crippen LogP contribution in [0.4, 0.5) is 5.69 Å². The van der Waals surface area contributed by atoms with Crippen LogP contribution in [0.25, 0.3) is 0 Å². The van der Waals surface area contributed by atoms with Crippen LogP contribution in [0.2, 0.25) is 0 Å². The topological polar surface area (TPSA) is 93.8 Å². The van der Waals surface area contributed by atoms with Gasteiger partial charge < -0.3 is 15.9 Å². The molecule has 1 aromatic rings. The third kappa shape index (κ3) is 3.59.